The molecule has 86 valence electrons. The van der Waals surface area contributed by atoms with Crippen molar-refractivity contribution in [3.8, 4) is 0 Å². The van der Waals surface area contributed by atoms with Gasteiger partial charge < -0.3 is 4.90 Å². The van der Waals surface area contributed by atoms with E-state index in [-0.39, 0.29) is 12.1 Å². The minimum atomic E-state index is 0.224. The largest absolute Gasteiger partial charge is 0.325 e. The zero-order chi connectivity index (χ0) is 10.9. The van der Waals surface area contributed by atoms with Gasteiger partial charge in [0, 0.05) is 11.3 Å². The van der Waals surface area contributed by atoms with Crippen LogP contribution in [-0.4, -0.2) is 41.1 Å². The summed E-state index contributed by atoms with van der Waals surface area (Å²) in [4.78, 5) is 13.7. The number of carbonyl (C=O) groups excluding carboxylic acids is 1. The smallest absolute Gasteiger partial charge is 0.237 e. The van der Waals surface area contributed by atoms with Crippen molar-refractivity contribution < 1.29 is 4.79 Å². The van der Waals surface area contributed by atoms with Gasteiger partial charge in [-0.1, -0.05) is 12.8 Å². The second kappa shape index (κ2) is 4.34. The molecule has 2 fully saturated rings. The van der Waals surface area contributed by atoms with Crippen molar-refractivity contribution in [3.63, 3.8) is 0 Å². The van der Waals surface area contributed by atoms with E-state index in [1.165, 1.54) is 25.7 Å². The highest BCUT2D eigenvalue weighted by Gasteiger charge is 2.39. The molecule has 0 bridgehead atoms. The van der Waals surface area contributed by atoms with Gasteiger partial charge in [-0.15, -0.1) is 0 Å². The van der Waals surface area contributed by atoms with E-state index in [1.807, 2.05) is 16.7 Å². The van der Waals surface area contributed by atoms with Crippen LogP contribution in [0.25, 0.3) is 0 Å². The molecule has 0 radical (unpaired) electrons. The van der Waals surface area contributed by atoms with Crippen LogP contribution >= 0.6 is 11.8 Å². The summed E-state index contributed by atoms with van der Waals surface area (Å²) in [5.74, 6) is 0.267. The van der Waals surface area contributed by atoms with Crippen LogP contribution in [0.4, 0.5) is 0 Å². The van der Waals surface area contributed by atoms with E-state index in [0.717, 1.165) is 6.54 Å². The second-order valence-corrected chi connectivity index (χ2v) is 5.95. The molecule has 1 amide bonds. The van der Waals surface area contributed by atoms with E-state index in [9.17, 15) is 4.79 Å². The van der Waals surface area contributed by atoms with Crippen molar-refractivity contribution in [1.29, 1.82) is 0 Å². The normalized spacial score (nSPS) is 30.1. The lowest BCUT2D eigenvalue weighted by Crippen LogP contribution is -2.44. The van der Waals surface area contributed by atoms with Crippen LogP contribution in [0.1, 0.15) is 32.6 Å². The Morgan fingerprint density at radius 2 is 2.20 bits per heavy atom. The van der Waals surface area contributed by atoms with Crippen molar-refractivity contribution in [1.82, 2.24) is 10.2 Å². The highest BCUT2D eigenvalue weighted by Crippen LogP contribution is 2.41. The van der Waals surface area contributed by atoms with E-state index in [1.54, 1.807) is 0 Å². The highest BCUT2D eigenvalue weighted by atomic mass is 32.2. The van der Waals surface area contributed by atoms with Crippen LogP contribution in [0.2, 0.25) is 0 Å². The monoisotopic (exact) mass is 228 g/mol. The first-order valence-electron chi connectivity index (χ1n) is 5.75. The summed E-state index contributed by atoms with van der Waals surface area (Å²) in [5.41, 5.74) is 0. The molecule has 2 rings (SSSR count). The van der Waals surface area contributed by atoms with E-state index in [4.69, 9.17) is 0 Å². The second-order valence-electron chi connectivity index (χ2n) is 4.67. The van der Waals surface area contributed by atoms with Crippen LogP contribution in [0.3, 0.4) is 0 Å². The van der Waals surface area contributed by atoms with Crippen LogP contribution in [0, 0.1) is 0 Å². The van der Waals surface area contributed by atoms with Gasteiger partial charge in [-0.05, 0) is 26.0 Å². The first-order chi connectivity index (χ1) is 7.17. The molecule has 0 aromatic carbocycles. The Bertz CT molecular complexity index is 251. The standard InChI is InChI=1S/C11H20N2OS/c1-9-12-7-10(14)13(9)8-11(15-2)5-3-4-6-11/h9,12H,3-8H2,1-2H3. The fraction of sp³-hybridized carbons (Fsp3) is 0.909. The predicted molar refractivity (Wildman–Crippen MR) is 63.9 cm³/mol. The van der Waals surface area contributed by atoms with Gasteiger partial charge in [0.05, 0.1) is 12.7 Å². The quantitative estimate of drug-likeness (QED) is 0.793. The fourth-order valence-electron chi connectivity index (χ4n) is 2.64. The molecule has 1 atom stereocenters. The minimum absolute atomic E-state index is 0.224. The zero-order valence-electron chi connectivity index (χ0n) is 9.58. The molecular formula is C11H20N2OS. The molecule has 0 spiro atoms. The number of nitrogens with zero attached hydrogens (tertiary/aromatic N) is 1. The third kappa shape index (κ3) is 2.16. The Kier molecular flexibility index (Phi) is 3.26. The number of thioether (sulfide) groups is 1. The predicted octanol–water partition coefficient (Wildman–Crippen LogP) is 1.44. The number of rotatable bonds is 3. The molecule has 0 aromatic rings. The molecule has 1 saturated carbocycles. The van der Waals surface area contributed by atoms with E-state index in [2.05, 4.69) is 18.5 Å². The summed E-state index contributed by atoms with van der Waals surface area (Å²) in [6, 6.07) is 0. The number of nitrogens with one attached hydrogen (secondary N) is 1. The number of carbonyl (C=O) groups is 1. The van der Waals surface area contributed by atoms with Crippen molar-refractivity contribution in [2.75, 3.05) is 19.3 Å². The lowest BCUT2D eigenvalue weighted by Gasteiger charge is -2.33. The number of amides is 1. The molecule has 1 N–H and O–H groups in total. The maximum atomic E-state index is 11.7. The summed E-state index contributed by atoms with van der Waals surface area (Å²) in [5, 5.41) is 3.20. The first kappa shape index (κ1) is 11.3. The lowest BCUT2D eigenvalue weighted by molar-refractivity contribution is -0.128. The van der Waals surface area contributed by atoms with Gasteiger partial charge in [0.2, 0.25) is 5.91 Å². The van der Waals surface area contributed by atoms with Crippen LogP contribution < -0.4 is 5.32 Å². The maximum Gasteiger partial charge on any atom is 0.237 e. The van der Waals surface area contributed by atoms with Crippen molar-refractivity contribution in [2.24, 2.45) is 0 Å². The number of hydrogen-bond acceptors (Lipinski definition) is 3. The zero-order valence-corrected chi connectivity index (χ0v) is 10.4. The summed E-state index contributed by atoms with van der Waals surface area (Å²) < 4.78 is 0.343. The van der Waals surface area contributed by atoms with Gasteiger partial charge in [0.1, 0.15) is 0 Å². The van der Waals surface area contributed by atoms with Crippen LogP contribution in [-0.2, 0) is 4.79 Å². The summed E-state index contributed by atoms with van der Waals surface area (Å²) >= 11 is 1.95. The van der Waals surface area contributed by atoms with E-state index in [0.29, 0.717) is 11.3 Å². The average Bonchev–Trinajstić information content (AvgIpc) is 2.81. The molecule has 1 heterocycles. The molecule has 1 aliphatic heterocycles. The molecule has 0 aromatic heterocycles. The Morgan fingerprint density at radius 3 is 2.67 bits per heavy atom. The average molecular weight is 228 g/mol. The van der Waals surface area contributed by atoms with Crippen LogP contribution in [0.5, 0.6) is 0 Å². The topological polar surface area (TPSA) is 32.3 Å². The maximum absolute atomic E-state index is 11.7. The Morgan fingerprint density at radius 1 is 1.53 bits per heavy atom. The van der Waals surface area contributed by atoms with Gasteiger partial charge in [-0.25, -0.2) is 0 Å². The third-order valence-electron chi connectivity index (χ3n) is 3.74. The Balaban J connectivity index is 2.02. The summed E-state index contributed by atoms with van der Waals surface area (Å²) in [6.45, 7) is 3.53. The molecule has 1 unspecified atom stereocenters. The van der Waals surface area contributed by atoms with Gasteiger partial charge in [0.25, 0.3) is 0 Å². The van der Waals surface area contributed by atoms with Crippen LogP contribution in [0.15, 0.2) is 0 Å². The van der Waals surface area contributed by atoms with Gasteiger partial charge >= 0.3 is 0 Å². The Hall–Kier alpha value is -0.220. The Labute approximate surface area is 96.0 Å². The first-order valence-corrected chi connectivity index (χ1v) is 6.97. The van der Waals surface area contributed by atoms with Gasteiger partial charge in [-0.2, -0.15) is 11.8 Å². The van der Waals surface area contributed by atoms with Crippen molar-refractivity contribution in [2.45, 2.75) is 43.5 Å². The molecule has 1 saturated heterocycles. The van der Waals surface area contributed by atoms with Crippen molar-refractivity contribution in [3.05, 3.63) is 0 Å². The lowest BCUT2D eigenvalue weighted by atomic mass is 10.1. The molecule has 1 aliphatic carbocycles. The SMILES string of the molecule is CSC1(CN2C(=O)CNC2C)CCCC1. The summed E-state index contributed by atoms with van der Waals surface area (Å²) in [7, 11) is 0. The van der Waals surface area contributed by atoms with Gasteiger partial charge in [-0.3, -0.25) is 10.1 Å². The van der Waals surface area contributed by atoms with E-state index < -0.39 is 0 Å². The fourth-order valence-corrected chi connectivity index (χ4v) is 3.61. The molecular weight excluding hydrogens is 208 g/mol. The third-order valence-corrected chi connectivity index (χ3v) is 5.15. The minimum Gasteiger partial charge on any atom is -0.325 e. The molecule has 3 nitrogen and oxygen atoms in total. The molecule has 4 heteroatoms. The van der Waals surface area contributed by atoms with Gasteiger partial charge in [0.15, 0.2) is 0 Å². The van der Waals surface area contributed by atoms with E-state index >= 15 is 0 Å². The van der Waals surface area contributed by atoms with Crippen molar-refractivity contribution >= 4 is 17.7 Å². The molecule has 15 heavy (non-hydrogen) atoms. The number of hydrogen-bond donors (Lipinski definition) is 1. The highest BCUT2D eigenvalue weighted by molar-refractivity contribution is 8.00. The summed E-state index contributed by atoms with van der Waals surface area (Å²) in [6.07, 6.45) is 7.59. The molecule has 2 aliphatic rings.